The van der Waals surface area contributed by atoms with Crippen LogP contribution in [0.5, 0.6) is 11.6 Å². The number of benzene rings is 1. The summed E-state index contributed by atoms with van der Waals surface area (Å²) in [6.07, 6.45) is 2.98. The van der Waals surface area contributed by atoms with E-state index >= 15 is 0 Å². The minimum Gasteiger partial charge on any atom is -0.494 e. The van der Waals surface area contributed by atoms with Crippen LogP contribution in [0.4, 0.5) is 11.4 Å². The first-order valence-corrected chi connectivity index (χ1v) is 10.4. The molecule has 4 rings (SSSR count). The molecule has 0 aliphatic carbocycles. The van der Waals surface area contributed by atoms with Gasteiger partial charge in [0.1, 0.15) is 18.0 Å². The maximum absolute atomic E-state index is 13.2. The van der Waals surface area contributed by atoms with Crippen LogP contribution in [0, 0.1) is 0 Å². The largest absolute Gasteiger partial charge is 0.494 e. The number of carbonyl (C=O) groups excluding carboxylic acids is 2. The zero-order valence-corrected chi connectivity index (χ0v) is 18.2. The molecule has 0 bridgehead atoms. The predicted molar refractivity (Wildman–Crippen MR) is 111 cm³/mol. The van der Waals surface area contributed by atoms with Crippen molar-refractivity contribution in [2.24, 2.45) is 0 Å². The van der Waals surface area contributed by atoms with Gasteiger partial charge in [0, 0.05) is 18.5 Å². The van der Waals surface area contributed by atoms with Crippen molar-refractivity contribution in [3.05, 3.63) is 38.9 Å². The first-order valence-electron chi connectivity index (χ1n) is 8.77. The van der Waals surface area contributed by atoms with E-state index in [0.717, 1.165) is 6.42 Å². The quantitative estimate of drug-likeness (QED) is 0.628. The summed E-state index contributed by atoms with van der Waals surface area (Å²) in [5, 5.41) is 0. The number of fused-ring (bicyclic) bond motifs is 1. The van der Waals surface area contributed by atoms with Crippen LogP contribution in [-0.2, 0) is 4.79 Å². The highest BCUT2D eigenvalue weighted by Crippen LogP contribution is 2.38. The number of anilines is 2. The van der Waals surface area contributed by atoms with Gasteiger partial charge in [-0.15, -0.1) is 0 Å². The lowest BCUT2D eigenvalue weighted by molar-refractivity contribution is -0.117. The Morgan fingerprint density at radius 1 is 1.21 bits per heavy atom. The van der Waals surface area contributed by atoms with E-state index in [1.165, 1.54) is 0 Å². The van der Waals surface area contributed by atoms with Crippen molar-refractivity contribution in [3.8, 4) is 11.6 Å². The second-order valence-corrected chi connectivity index (χ2v) is 8.15. The first kappa shape index (κ1) is 19.2. The molecular weight excluding hydrogens is 494 g/mol. The number of amides is 2. The van der Waals surface area contributed by atoms with Crippen molar-refractivity contribution in [2.45, 2.75) is 12.8 Å². The molecule has 1 aromatic carbocycles. The second kappa shape index (κ2) is 7.71. The monoisotopic (exact) mass is 509 g/mol. The van der Waals surface area contributed by atoms with E-state index in [1.54, 1.807) is 41.3 Å². The summed E-state index contributed by atoms with van der Waals surface area (Å²) in [5.41, 5.74) is 1.74. The molecule has 1 saturated heterocycles. The summed E-state index contributed by atoms with van der Waals surface area (Å²) in [6, 6.07) is 5.25. The number of pyridine rings is 1. The molecule has 28 heavy (non-hydrogen) atoms. The van der Waals surface area contributed by atoms with Crippen molar-refractivity contribution in [1.82, 2.24) is 4.98 Å². The van der Waals surface area contributed by atoms with Gasteiger partial charge in [0.05, 0.1) is 34.5 Å². The van der Waals surface area contributed by atoms with Crippen LogP contribution in [0.1, 0.15) is 23.2 Å². The Bertz CT molecular complexity index is 943. The SMILES string of the molecule is COc1c(Br)cc(C(=O)N2CCOc3ncc(N4CCCC4=O)cc32)cc1Br. The summed E-state index contributed by atoms with van der Waals surface area (Å²) < 4.78 is 12.3. The number of hydrogen-bond acceptors (Lipinski definition) is 5. The highest BCUT2D eigenvalue weighted by molar-refractivity contribution is 9.11. The summed E-state index contributed by atoms with van der Waals surface area (Å²) in [4.78, 5) is 33.0. The number of carbonyl (C=O) groups is 2. The van der Waals surface area contributed by atoms with Crippen LogP contribution in [0.2, 0.25) is 0 Å². The maximum atomic E-state index is 13.2. The standard InChI is InChI=1S/C19H17Br2N3O4/c1-27-17-13(20)7-11(8-14(17)21)19(26)24-5-6-28-18-15(24)9-12(10-22-18)23-4-2-3-16(23)25/h7-10H,2-6H2,1H3. The van der Waals surface area contributed by atoms with Gasteiger partial charge in [-0.3, -0.25) is 9.59 Å². The molecule has 2 aromatic rings. The Hall–Kier alpha value is -2.13. The third-order valence-electron chi connectivity index (χ3n) is 4.74. The zero-order chi connectivity index (χ0) is 19.8. The van der Waals surface area contributed by atoms with Gasteiger partial charge in [-0.25, -0.2) is 4.98 Å². The van der Waals surface area contributed by atoms with Crippen LogP contribution in [-0.4, -0.2) is 43.6 Å². The molecule has 0 saturated carbocycles. The Kier molecular flexibility index (Phi) is 5.29. The van der Waals surface area contributed by atoms with Crippen molar-refractivity contribution in [2.75, 3.05) is 36.6 Å². The summed E-state index contributed by atoms with van der Waals surface area (Å²) in [5.74, 6) is 0.900. The number of nitrogens with zero attached hydrogens (tertiary/aromatic N) is 3. The molecule has 0 N–H and O–H groups in total. The molecule has 9 heteroatoms. The third-order valence-corrected chi connectivity index (χ3v) is 5.92. The van der Waals surface area contributed by atoms with Crippen molar-refractivity contribution in [3.63, 3.8) is 0 Å². The predicted octanol–water partition coefficient (Wildman–Crippen LogP) is 3.78. The first-order chi connectivity index (χ1) is 13.5. The fraction of sp³-hybridized carbons (Fsp3) is 0.316. The third kappa shape index (κ3) is 3.37. The van der Waals surface area contributed by atoms with Gasteiger partial charge in [0.15, 0.2) is 0 Å². The van der Waals surface area contributed by atoms with E-state index in [1.807, 2.05) is 0 Å². The minimum atomic E-state index is -0.180. The number of hydrogen-bond donors (Lipinski definition) is 0. The molecule has 146 valence electrons. The van der Waals surface area contributed by atoms with Crippen LogP contribution < -0.4 is 19.3 Å². The highest BCUT2D eigenvalue weighted by atomic mass is 79.9. The average Bonchev–Trinajstić information content (AvgIpc) is 3.12. The van der Waals surface area contributed by atoms with Crippen molar-refractivity contribution < 1.29 is 19.1 Å². The van der Waals surface area contributed by atoms with Crippen LogP contribution >= 0.6 is 31.9 Å². The number of aromatic nitrogens is 1. The molecule has 2 aliphatic rings. The normalized spacial score (nSPS) is 16.0. The second-order valence-electron chi connectivity index (χ2n) is 6.45. The summed E-state index contributed by atoms with van der Waals surface area (Å²) in [6.45, 7) is 1.41. The fourth-order valence-electron chi connectivity index (χ4n) is 3.40. The number of halogens is 2. The van der Waals surface area contributed by atoms with E-state index in [2.05, 4.69) is 36.8 Å². The lowest BCUT2D eigenvalue weighted by atomic mass is 10.1. The van der Waals surface area contributed by atoms with Crippen LogP contribution in [0.15, 0.2) is 33.3 Å². The van der Waals surface area contributed by atoms with E-state index in [9.17, 15) is 9.59 Å². The van der Waals surface area contributed by atoms with Gasteiger partial charge >= 0.3 is 0 Å². The minimum absolute atomic E-state index is 0.0689. The topological polar surface area (TPSA) is 72.0 Å². The summed E-state index contributed by atoms with van der Waals surface area (Å²) >= 11 is 6.88. The lowest BCUT2D eigenvalue weighted by Crippen LogP contribution is -2.38. The molecule has 2 amide bonds. The molecule has 7 nitrogen and oxygen atoms in total. The van der Waals surface area contributed by atoms with Crippen LogP contribution in [0.3, 0.4) is 0 Å². The molecule has 1 aromatic heterocycles. The maximum Gasteiger partial charge on any atom is 0.258 e. The Morgan fingerprint density at radius 3 is 2.61 bits per heavy atom. The molecule has 1 fully saturated rings. The van der Waals surface area contributed by atoms with Crippen molar-refractivity contribution in [1.29, 1.82) is 0 Å². The molecule has 0 atom stereocenters. The number of ether oxygens (including phenoxy) is 2. The zero-order valence-electron chi connectivity index (χ0n) is 15.1. The lowest BCUT2D eigenvalue weighted by Gasteiger charge is -2.30. The number of methoxy groups -OCH3 is 1. The van der Waals surface area contributed by atoms with E-state index in [0.29, 0.717) is 63.6 Å². The fourth-order valence-corrected chi connectivity index (χ4v) is 4.91. The highest BCUT2D eigenvalue weighted by Gasteiger charge is 2.29. The Labute approximate surface area is 178 Å². The molecule has 3 heterocycles. The van der Waals surface area contributed by atoms with Crippen LogP contribution in [0.25, 0.3) is 0 Å². The van der Waals surface area contributed by atoms with Gasteiger partial charge in [-0.05, 0) is 56.5 Å². The van der Waals surface area contributed by atoms with E-state index in [-0.39, 0.29) is 11.8 Å². The molecule has 2 aliphatic heterocycles. The number of rotatable bonds is 3. The smallest absolute Gasteiger partial charge is 0.258 e. The van der Waals surface area contributed by atoms with Gasteiger partial charge in [-0.1, -0.05) is 0 Å². The van der Waals surface area contributed by atoms with Gasteiger partial charge in [0.2, 0.25) is 11.8 Å². The average molecular weight is 511 g/mol. The van der Waals surface area contributed by atoms with Gasteiger partial charge in [-0.2, -0.15) is 0 Å². The van der Waals surface area contributed by atoms with Gasteiger partial charge in [0.25, 0.3) is 5.91 Å². The molecule has 0 spiro atoms. The molecule has 0 unspecified atom stereocenters. The molecular formula is C19H17Br2N3O4. The Balaban J connectivity index is 1.71. The van der Waals surface area contributed by atoms with Crippen molar-refractivity contribution >= 4 is 55.0 Å². The Morgan fingerprint density at radius 2 is 1.96 bits per heavy atom. The molecule has 0 radical (unpaired) electrons. The van der Waals surface area contributed by atoms with E-state index < -0.39 is 0 Å². The van der Waals surface area contributed by atoms with Gasteiger partial charge < -0.3 is 19.3 Å². The van der Waals surface area contributed by atoms with E-state index in [4.69, 9.17) is 9.47 Å². The summed E-state index contributed by atoms with van der Waals surface area (Å²) in [7, 11) is 1.57.